The van der Waals surface area contributed by atoms with Crippen LogP contribution in [0.5, 0.6) is 5.75 Å². The second kappa shape index (κ2) is 17.7. The third-order valence-electron chi connectivity index (χ3n) is 11.3. The topological polar surface area (TPSA) is 216 Å². The number of thiophene rings is 3. The van der Waals surface area contributed by atoms with E-state index in [2.05, 4.69) is 9.98 Å². The first-order valence-corrected chi connectivity index (χ1v) is 22.9. The zero-order chi connectivity index (χ0) is 49.9. The Balaban J connectivity index is 1.17. The molecule has 0 fully saturated rings. The average molecular weight is 1000 g/mol. The number of carbonyl (C=O) groups excluding carboxylic acids is 4. The molecule has 0 bridgehead atoms. The predicted octanol–water partition coefficient (Wildman–Crippen LogP) is 10.9. The number of rotatable bonds is 8. The molecule has 10 rings (SSSR count). The van der Waals surface area contributed by atoms with E-state index in [0.717, 1.165) is 34.0 Å². The number of esters is 2. The fourth-order valence-corrected chi connectivity index (χ4v) is 11.7. The Hall–Kier alpha value is -9.18. The Labute approximate surface area is 408 Å². The van der Waals surface area contributed by atoms with Crippen molar-refractivity contribution in [3.8, 4) is 39.8 Å². The molecule has 0 N–H and O–H groups in total. The molecule has 2 aliphatic carbocycles. The van der Waals surface area contributed by atoms with Gasteiger partial charge in [0.1, 0.15) is 70.1 Å². The Kier molecular flexibility index (Phi) is 11.4. The van der Waals surface area contributed by atoms with Crippen LogP contribution < -0.4 is 4.74 Å². The van der Waals surface area contributed by atoms with E-state index in [0.29, 0.717) is 45.0 Å². The van der Waals surface area contributed by atoms with Gasteiger partial charge in [0.25, 0.3) is 0 Å². The molecule has 0 saturated carbocycles. The molecule has 4 aromatic carbocycles. The number of nitriles is 4. The number of carbonyl (C=O) groups is 4. The second-order valence-corrected chi connectivity index (χ2v) is 18.5. The highest BCUT2D eigenvalue weighted by atomic mass is 32.1. The fourth-order valence-electron chi connectivity index (χ4n) is 8.09. The van der Waals surface area contributed by atoms with Gasteiger partial charge in [0.05, 0.1) is 19.2 Å². The maximum absolute atomic E-state index is 15.0. The van der Waals surface area contributed by atoms with Crippen LogP contribution in [0.15, 0.2) is 118 Å². The summed E-state index contributed by atoms with van der Waals surface area (Å²) in [6, 6.07) is 29.1. The first kappa shape index (κ1) is 45.6. The molecule has 0 unspecified atom stereocenters. The summed E-state index contributed by atoms with van der Waals surface area (Å²) in [7, 11) is 0. The molecule has 7 aromatic rings. The number of nitrogens with zero attached hydrogens (tertiary/aromatic N) is 6. The van der Waals surface area contributed by atoms with Crippen LogP contribution in [0.25, 0.3) is 30.3 Å². The number of aliphatic imine (C=N–C) groups is 2. The molecular weight excluding hydrogens is 981 g/mol. The van der Waals surface area contributed by atoms with Crippen LogP contribution in [0, 0.1) is 68.6 Å². The maximum Gasteiger partial charge on any atom is 0.367 e. The van der Waals surface area contributed by atoms with Gasteiger partial charge >= 0.3 is 17.5 Å². The molecule has 0 spiro atoms. The van der Waals surface area contributed by atoms with Crippen molar-refractivity contribution in [3.05, 3.63) is 170 Å². The van der Waals surface area contributed by atoms with E-state index in [1.165, 1.54) is 12.1 Å². The minimum absolute atomic E-state index is 0.0627. The van der Waals surface area contributed by atoms with E-state index in [4.69, 9.17) is 14.2 Å². The molecule has 20 heteroatoms. The van der Waals surface area contributed by atoms with E-state index in [1.807, 2.05) is 0 Å². The standard InChI is InChI=1S/C51H20F4N6O7S3/c52-32-11-27-29(13-34(32)54)43(62)41(39(27)25(17-56)18-57)60-37-15-31-46(70-37)48-45(68-51(31,49(64)66-21-23-7-3-1-4-8-23)50(65)67-22-24-9-5-2-6-10-24)47-36(69-48)16-38(71-47)61-42-40(26(19-58)20-59)28-12-33(53)35(55)14-30(28)44(42)63/h1-16H,21-22H2/b60-41-,61-42-. The van der Waals surface area contributed by atoms with Gasteiger partial charge in [-0.3, -0.25) is 9.59 Å². The van der Waals surface area contributed by atoms with Crippen LogP contribution in [-0.4, -0.2) is 34.9 Å². The van der Waals surface area contributed by atoms with Crippen molar-refractivity contribution in [3.63, 3.8) is 0 Å². The third-order valence-corrected chi connectivity index (χ3v) is 14.8. The summed E-state index contributed by atoms with van der Waals surface area (Å²) in [6.45, 7) is -0.713. The summed E-state index contributed by atoms with van der Waals surface area (Å²) >= 11 is 2.79. The maximum atomic E-state index is 15.0. The fraction of sp³-hybridized carbons (Fsp3) is 0.0588. The van der Waals surface area contributed by atoms with Gasteiger partial charge in [-0.2, -0.15) is 21.0 Å². The van der Waals surface area contributed by atoms with Crippen molar-refractivity contribution in [2.24, 2.45) is 9.98 Å². The van der Waals surface area contributed by atoms with Crippen molar-refractivity contribution in [1.82, 2.24) is 0 Å². The molecule has 0 atom stereocenters. The number of Topliss-reactive ketones (excluding diaryl/α,β-unsaturated/α-hetero) is 2. The lowest BCUT2D eigenvalue weighted by Gasteiger charge is -2.33. The van der Waals surface area contributed by atoms with Crippen molar-refractivity contribution < 1.29 is 51.0 Å². The zero-order valence-corrected chi connectivity index (χ0v) is 37.9. The third kappa shape index (κ3) is 7.47. The molecule has 0 radical (unpaired) electrons. The summed E-state index contributed by atoms with van der Waals surface area (Å²) in [5, 5.41) is 39.5. The molecule has 0 amide bonds. The minimum Gasteiger partial charge on any atom is -0.457 e. The summed E-state index contributed by atoms with van der Waals surface area (Å²) in [4.78, 5) is 67.1. The number of hydrogen-bond donors (Lipinski definition) is 0. The molecule has 13 nitrogen and oxygen atoms in total. The molecule has 3 aliphatic rings. The average Bonchev–Trinajstić information content (AvgIpc) is 4.18. The van der Waals surface area contributed by atoms with Gasteiger partial charge in [0, 0.05) is 39.0 Å². The zero-order valence-electron chi connectivity index (χ0n) is 35.4. The van der Waals surface area contributed by atoms with Crippen LogP contribution in [0.4, 0.5) is 27.6 Å². The number of fused-ring (bicyclic) bond motifs is 7. The van der Waals surface area contributed by atoms with E-state index in [1.54, 1.807) is 84.9 Å². The normalized spacial score (nSPS) is 14.9. The Morgan fingerprint density at radius 2 is 1.01 bits per heavy atom. The van der Waals surface area contributed by atoms with Crippen molar-refractivity contribution in [1.29, 1.82) is 21.0 Å². The number of hydrogen-bond acceptors (Lipinski definition) is 16. The Morgan fingerprint density at radius 3 is 1.46 bits per heavy atom. The highest BCUT2D eigenvalue weighted by molar-refractivity contribution is 7.33. The predicted molar refractivity (Wildman–Crippen MR) is 250 cm³/mol. The monoisotopic (exact) mass is 1000 g/mol. The Morgan fingerprint density at radius 1 is 0.577 bits per heavy atom. The summed E-state index contributed by atoms with van der Waals surface area (Å²) in [5.74, 6) is -9.87. The van der Waals surface area contributed by atoms with Crippen LogP contribution in [0.1, 0.15) is 48.5 Å². The molecule has 71 heavy (non-hydrogen) atoms. The number of halogens is 4. The van der Waals surface area contributed by atoms with Gasteiger partial charge < -0.3 is 14.2 Å². The van der Waals surface area contributed by atoms with Crippen molar-refractivity contribution in [2.45, 2.75) is 18.8 Å². The summed E-state index contributed by atoms with van der Waals surface area (Å²) < 4.78 is 77.2. The molecule has 342 valence electrons. The van der Waals surface area contributed by atoms with Gasteiger partial charge in [-0.1, -0.05) is 60.7 Å². The van der Waals surface area contributed by atoms with E-state index >= 15 is 0 Å². The van der Waals surface area contributed by atoms with Crippen LogP contribution >= 0.6 is 34.0 Å². The molecule has 3 aromatic heterocycles. The first-order valence-electron chi connectivity index (χ1n) is 20.5. The van der Waals surface area contributed by atoms with Gasteiger partial charge in [-0.15, -0.1) is 34.0 Å². The number of ketones is 2. The van der Waals surface area contributed by atoms with E-state index < -0.39 is 74.9 Å². The summed E-state index contributed by atoms with van der Waals surface area (Å²) in [6.07, 6.45) is 0. The van der Waals surface area contributed by atoms with Crippen LogP contribution in [0.2, 0.25) is 0 Å². The summed E-state index contributed by atoms with van der Waals surface area (Å²) in [5.41, 5.74) is -6.05. The SMILES string of the molecule is N#CC(C#N)=C1/C(=N/c2cc3c(s2)-c2sc4cc(/N=C5\C(=O)c6cc(F)c(F)cc6C5=C(C#N)C#N)sc4c2OC3(C(=O)OCc2ccccc2)C(=O)OCc2ccccc2)C(=O)c2cc(F)c(F)cc21. The van der Waals surface area contributed by atoms with E-state index in [-0.39, 0.29) is 77.5 Å². The lowest BCUT2D eigenvalue weighted by atomic mass is 9.91. The molecular formula is C51H20F4N6O7S3. The van der Waals surface area contributed by atoms with Crippen LogP contribution in [0.3, 0.4) is 0 Å². The minimum atomic E-state index is -2.80. The molecule has 0 saturated heterocycles. The quantitative estimate of drug-likeness (QED) is 0.0604. The number of benzene rings is 4. The van der Waals surface area contributed by atoms with Gasteiger partial charge in [0.2, 0.25) is 11.6 Å². The lowest BCUT2D eigenvalue weighted by molar-refractivity contribution is -0.183. The Bertz CT molecular complexity index is 3790. The highest BCUT2D eigenvalue weighted by Gasteiger charge is 2.59. The second-order valence-electron chi connectivity index (χ2n) is 15.4. The van der Waals surface area contributed by atoms with Crippen LogP contribution in [-0.2, 0) is 37.9 Å². The van der Waals surface area contributed by atoms with E-state index in [9.17, 15) is 57.8 Å². The highest BCUT2D eigenvalue weighted by Crippen LogP contribution is 2.60. The van der Waals surface area contributed by atoms with Gasteiger partial charge in [-0.25, -0.2) is 37.1 Å². The number of allylic oxidation sites excluding steroid dienone is 4. The first-order chi connectivity index (χ1) is 34.3. The largest absolute Gasteiger partial charge is 0.457 e. The lowest BCUT2D eigenvalue weighted by Crippen LogP contribution is -2.52. The molecule has 4 heterocycles. The van der Waals surface area contributed by atoms with Gasteiger partial charge in [-0.05, 0) is 47.5 Å². The van der Waals surface area contributed by atoms with Crippen molar-refractivity contribution in [2.75, 3.05) is 0 Å². The number of ether oxygens (including phenoxy) is 3. The molecule has 1 aliphatic heterocycles. The van der Waals surface area contributed by atoms with Crippen molar-refractivity contribution >= 4 is 99.5 Å². The van der Waals surface area contributed by atoms with Gasteiger partial charge in [0.15, 0.2) is 29.0 Å². The smallest absolute Gasteiger partial charge is 0.367 e.